The summed E-state index contributed by atoms with van der Waals surface area (Å²) < 4.78 is 126. The second-order valence-electron chi connectivity index (χ2n) is 9.75. The van der Waals surface area contributed by atoms with Crippen molar-refractivity contribution in [1.82, 2.24) is 9.29 Å². The molecular formula is C24H23F7N2O3S. The van der Waals surface area contributed by atoms with E-state index >= 15 is 4.39 Å². The van der Waals surface area contributed by atoms with E-state index in [4.69, 9.17) is 0 Å². The Balaban J connectivity index is 1.97. The molecule has 0 radical (unpaired) electrons. The van der Waals surface area contributed by atoms with E-state index in [2.05, 4.69) is 0 Å². The number of nitrogens with zero attached hydrogens (tertiary/aromatic N) is 1. The van der Waals surface area contributed by atoms with Crippen LogP contribution in [0.1, 0.15) is 43.9 Å². The lowest BCUT2D eigenvalue weighted by atomic mass is 9.96. The lowest BCUT2D eigenvalue weighted by Crippen LogP contribution is -2.39. The van der Waals surface area contributed by atoms with E-state index in [1.165, 1.54) is 19.9 Å². The Hall–Kier alpha value is -2.64. The molecule has 37 heavy (non-hydrogen) atoms. The molecule has 0 aliphatic heterocycles. The van der Waals surface area contributed by atoms with Crippen LogP contribution < -0.4 is 4.72 Å². The number of halogens is 7. The largest absolute Gasteiger partial charge is 0.417 e. The average molecular weight is 553 g/mol. The molecule has 0 bridgehead atoms. The van der Waals surface area contributed by atoms with Gasteiger partial charge in [0.05, 0.1) is 23.0 Å². The number of fused-ring (bicyclic) bond motifs is 1. The summed E-state index contributed by atoms with van der Waals surface area (Å²) in [5.41, 5.74) is -4.39. The summed E-state index contributed by atoms with van der Waals surface area (Å²) in [4.78, 5) is 0. The molecule has 0 unspecified atom stereocenters. The van der Waals surface area contributed by atoms with E-state index in [-0.39, 0.29) is 30.3 Å². The van der Waals surface area contributed by atoms with Crippen molar-refractivity contribution in [3.05, 3.63) is 59.5 Å². The highest BCUT2D eigenvalue weighted by molar-refractivity contribution is 7.90. The number of nitrogens with one attached hydrogen (secondary N) is 1. The lowest BCUT2D eigenvalue weighted by molar-refractivity contribution is -0.152. The molecule has 0 spiro atoms. The lowest BCUT2D eigenvalue weighted by Gasteiger charge is -2.21. The first-order valence-corrected chi connectivity index (χ1v) is 12.7. The fourth-order valence-corrected chi connectivity index (χ4v) is 5.77. The number of alkyl halides is 6. The summed E-state index contributed by atoms with van der Waals surface area (Å²) in [6, 6.07) is 3.09. The van der Waals surface area contributed by atoms with Gasteiger partial charge in [0.25, 0.3) is 0 Å². The molecule has 1 heterocycles. The normalized spacial score (nSPS) is 16.4. The van der Waals surface area contributed by atoms with Crippen LogP contribution in [0.3, 0.4) is 0 Å². The molecule has 1 saturated carbocycles. The van der Waals surface area contributed by atoms with Crippen LogP contribution >= 0.6 is 0 Å². The summed E-state index contributed by atoms with van der Waals surface area (Å²) in [6.07, 6.45) is -8.60. The molecule has 2 N–H and O–H groups in total. The van der Waals surface area contributed by atoms with Crippen molar-refractivity contribution >= 4 is 20.9 Å². The second kappa shape index (κ2) is 8.98. The van der Waals surface area contributed by atoms with Gasteiger partial charge >= 0.3 is 12.4 Å². The van der Waals surface area contributed by atoms with Gasteiger partial charge in [-0.1, -0.05) is 18.2 Å². The molecule has 3 aromatic rings. The second-order valence-corrected chi connectivity index (χ2v) is 11.7. The van der Waals surface area contributed by atoms with Crippen LogP contribution in [0.4, 0.5) is 30.7 Å². The fourth-order valence-electron chi connectivity index (χ4n) is 4.23. The molecule has 1 atom stereocenters. The third kappa shape index (κ3) is 5.78. The van der Waals surface area contributed by atoms with E-state index in [0.29, 0.717) is 6.07 Å². The van der Waals surface area contributed by atoms with E-state index in [9.17, 15) is 39.9 Å². The third-order valence-electron chi connectivity index (χ3n) is 5.96. The Morgan fingerprint density at radius 2 is 1.68 bits per heavy atom. The van der Waals surface area contributed by atoms with Gasteiger partial charge in [0.15, 0.2) is 0 Å². The molecular weight excluding hydrogens is 529 g/mol. The predicted octanol–water partition coefficient (Wildman–Crippen LogP) is 5.92. The van der Waals surface area contributed by atoms with Gasteiger partial charge in [0, 0.05) is 28.2 Å². The molecule has 1 fully saturated rings. The minimum atomic E-state index is -5.12. The Morgan fingerprint density at radius 1 is 1.05 bits per heavy atom. The van der Waals surface area contributed by atoms with Gasteiger partial charge in [-0.05, 0) is 50.5 Å². The number of benzene rings is 2. The van der Waals surface area contributed by atoms with Gasteiger partial charge < -0.3 is 9.67 Å². The number of rotatable bonds is 7. The first kappa shape index (κ1) is 27.4. The fraction of sp³-hybridized carbons (Fsp3) is 0.417. The van der Waals surface area contributed by atoms with Crippen molar-refractivity contribution in [2.45, 2.75) is 62.5 Å². The maximum atomic E-state index is 15.3. The highest BCUT2D eigenvalue weighted by Gasteiger charge is 2.48. The summed E-state index contributed by atoms with van der Waals surface area (Å²) in [7, 11) is -4.34. The van der Waals surface area contributed by atoms with Crippen molar-refractivity contribution < 1.29 is 44.3 Å². The number of aromatic nitrogens is 1. The van der Waals surface area contributed by atoms with Gasteiger partial charge in [0.2, 0.25) is 10.0 Å². The Labute approximate surface area is 207 Å². The summed E-state index contributed by atoms with van der Waals surface area (Å²) >= 11 is 0. The van der Waals surface area contributed by atoms with E-state index < -0.39 is 67.3 Å². The van der Waals surface area contributed by atoms with Crippen molar-refractivity contribution in [1.29, 1.82) is 0 Å². The molecule has 0 saturated heterocycles. The summed E-state index contributed by atoms with van der Waals surface area (Å²) in [5.74, 6) is -1.22. The SMILES string of the molecule is CC(C)(O)Cn1cc([C@H](NS(=O)(=O)C2CC2)C(F)(F)F)c2cc(F)c(-c3ccccc3C(F)(F)F)cc21. The molecule has 13 heteroatoms. The van der Waals surface area contributed by atoms with Crippen molar-refractivity contribution in [3.8, 4) is 11.1 Å². The molecule has 202 valence electrons. The van der Waals surface area contributed by atoms with Crippen LogP contribution in [0.25, 0.3) is 22.0 Å². The van der Waals surface area contributed by atoms with Crippen LogP contribution in [0.15, 0.2) is 42.6 Å². The number of aliphatic hydroxyl groups is 1. The van der Waals surface area contributed by atoms with Crippen LogP contribution in [0.2, 0.25) is 0 Å². The van der Waals surface area contributed by atoms with Gasteiger partial charge in [-0.25, -0.2) is 12.8 Å². The van der Waals surface area contributed by atoms with Crippen molar-refractivity contribution in [2.24, 2.45) is 0 Å². The van der Waals surface area contributed by atoms with Gasteiger partial charge in [-0.15, -0.1) is 0 Å². The summed E-state index contributed by atoms with van der Waals surface area (Å²) in [6.45, 7) is 2.41. The third-order valence-corrected chi connectivity index (χ3v) is 7.88. The van der Waals surface area contributed by atoms with Crippen molar-refractivity contribution in [3.63, 3.8) is 0 Å². The van der Waals surface area contributed by atoms with Crippen LogP contribution in [-0.4, -0.2) is 35.1 Å². The molecule has 2 aromatic carbocycles. The Morgan fingerprint density at radius 3 is 2.22 bits per heavy atom. The maximum absolute atomic E-state index is 15.3. The zero-order valence-electron chi connectivity index (χ0n) is 19.6. The van der Waals surface area contributed by atoms with Gasteiger partial charge in [0.1, 0.15) is 11.9 Å². The van der Waals surface area contributed by atoms with Crippen molar-refractivity contribution in [2.75, 3.05) is 0 Å². The van der Waals surface area contributed by atoms with E-state index in [1.54, 1.807) is 4.72 Å². The topological polar surface area (TPSA) is 71.3 Å². The van der Waals surface area contributed by atoms with Gasteiger partial charge in [-0.3, -0.25) is 0 Å². The number of sulfonamides is 1. The van der Waals surface area contributed by atoms with Crippen LogP contribution in [0, 0.1) is 5.82 Å². The zero-order valence-corrected chi connectivity index (χ0v) is 20.4. The van der Waals surface area contributed by atoms with Gasteiger partial charge in [-0.2, -0.15) is 31.1 Å². The average Bonchev–Trinajstić information content (AvgIpc) is 3.55. The smallest absolute Gasteiger partial charge is 0.389 e. The minimum absolute atomic E-state index is 0.106. The number of hydrogen-bond donors (Lipinski definition) is 2. The van der Waals surface area contributed by atoms with Crippen LogP contribution in [0.5, 0.6) is 0 Å². The quantitative estimate of drug-likeness (QED) is 0.358. The molecule has 5 nitrogen and oxygen atoms in total. The number of hydrogen-bond acceptors (Lipinski definition) is 3. The highest BCUT2D eigenvalue weighted by atomic mass is 32.2. The molecule has 1 aromatic heterocycles. The molecule has 1 aliphatic rings. The van der Waals surface area contributed by atoms with E-state index in [1.807, 2.05) is 0 Å². The minimum Gasteiger partial charge on any atom is -0.389 e. The first-order valence-electron chi connectivity index (χ1n) is 11.2. The zero-order chi connectivity index (χ0) is 27.6. The monoisotopic (exact) mass is 552 g/mol. The highest BCUT2D eigenvalue weighted by Crippen LogP contribution is 2.43. The molecule has 1 aliphatic carbocycles. The summed E-state index contributed by atoms with van der Waals surface area (Å²) in [5, 5.41) is 9.00. The molecule has 0 amide bonds. The first-order chi connectivity index (χ1) is 16.9. The Kier molecular flexibility index (Phi) is 6.65. The van der Waals surface area contributed by atoms with Crippen LogP contribution in [-0.2, 0) is 22.7 Å². The molecule has 4 rings (SSSR count). The van der Waals surface area contributed by atoms with E-state index in [0.717, 1.165) is 35.0 Å². The standard InChI is InChI=1S/C24H23F7N2O3S/c1-22(2,34)12-33-11-17(21(24(29,30)31)32-37(35,36)13-7-8-13)16-9-19(25)15(10-20(16)33)14-5-3-4-6-18(14)23(26,27)28/h3-6,9-11,13,21,32,34H,7-8,12H2,1-2H3/t21-/m0/s1. The maximum Gasteiger partial charge on any atom is 0.417 e. The predicted molar refractivity (Wildman–Crippen MR) is 123 cm³/mol. The Bertz CT molecular complexity index is 1430.